The number of hydrogen-bond acceptors (Lipinski definition) is 2. The molecule has 3 aromatic carbocycles. The number of furan rings is 1. The second kappa shape index (κ2) is 6.14. The van der Waals surface area contributed by atoms with Crippen LogP contribution < -0.4 is 5.46 Å². The molecule has 0 aliphatic heterocycles. The van der Waals surface area contributed by atoms with Gasteiger partial charge in [-0.05, 0) is 53.7 Å². The normalized spacial score (nSPS) is 13.0. The van der Waals surface area contributed by atoms with E-state index in [4.69, 9.17) is 9.07 Å². The predicted octanol–water partition coefficient (Wildman–Crippen LogP) is 6.41. The Balaban J connectivity index is 1.79. The first kappa shape index (κ1) is 18.1. The highest BCUT2D eigenvalue weighted by Gasteiger charge is 2.36. The van der Waals surface area contributed by atoms with Gasteiger partial charge in [0, 0.05) is 10.8 Å². The summed E-state index contributed by atoms with van der Waals surface area (Å²) in [6.07, 6.45) is 0. The van der Waals surface area contributed by atoms with Crippen LogP contribution in [0.4, 0.5) is 0 Å². The van der Waals surface area contributed by atoms with Gasteiger partial charge in [0.15, 0.2) is 0 Å². The first-order valence-corrected chi connectivity index (χ1v) is 9.68. The summed E-state index contributed by atoms with van der Waals surface area (Å²) < 4.78 is 12.6. The van der Waals surface area contributed by atoms with Gasteiger partial charge in [-0.3, -0.25) is 0 Å². The summed E-state index contributed by atoms with van der Waals surface area (Å²) in [5.74, 6) is 0. The van der Waals surface area contributed by atoms with Gasteiger partial charge < -0.3 is 9.07 Å². The van der Waals surface area contributed by atoms with Gasteiger partial charge in [0.05, 0.1) is 5.60 Å². The van der Waals surface area contributed by atoms with Gasteiger partial charge in [-0.25, -0.2) is 0 Å². The van der Waals surface area contributed by atoms with Crippen molar-refractivity contribution in [2.24, 2.45) is 5.41 Å². The number of fused-ring (bicyclic) bond motifs is 4. The lowest BCUT2D eigenvalue weighted by Crippen LogP contribution is -2.46. The van der Waals surface area contributed by atoms with Crippen molar-refractivity contribution in [2.45, 2.75) is 47.0 Å². The Morgan fingerprint density at radius 1 is 0.778 bits per heavy atom. The third-order valence-corrected chi connectivity index (χ3v) is 6.11. The van der Waals surface area contributed by atoms with Crippen molar-refractivity contribution in [3.63, 3.8) is 0 Å². The summed E-state index contributed by atoms with van der Waals surface area (Å²) in [6.45, 7) is 13.1. The smallest absolute Gasteiger partial charge is 0.324 e. The Hall–Kier alpha value is -2.26. The maximum absolute atomic E-state index is 6.47. The van der Waals surface area contributed by atoms with Crippen molar-refractivity contribution in [3.8, 4) is 0 Å². The summed E-state index contributed by atoms with van der Waals surface area (Å²) in [5.41, 5.74) is 2.87. The summed E-state index contributed by atoms with van der Waals surface area (Å²) in [7, 11) is 0. The van der Waals surface area contributed by atoms with Gasteiger partial charge in [0.2, 0.25) is 0 Å². The molecule has 0 N–H and O–H groups in total. The minimum Gasteiger partial charge on any atom is -0.456 e. The van der Waals surface area contributed by atoms with Gasteiger partial charge in [-0.15, -0.1) is 0 Å². The van der Waals surface area contributed by atoms with Crippen LogP contribution in [0.3, 0.4) is 0 Å². The lowest BCUT2D eigenvalue weighted by atomic mass is 9.61. The van der Waals surface area contributed by atoms with Crippen molar-refractivity contribution in [1.29, 1.82) is 0 Å². The van der Waals surface area contributed by atoms with Crippen LogP contribution in [-0.4, -0.2) is 12.5 Å². The van der Waals surface area contributed by atoms with Gasteiger partial charge in [-0.2, -0.15) is 0 Å². The monoisotopic (exact) mass is 358 g/mol. The van der Waals surface area contributed by atoms with Crippen LogP contribution in [0.15, 0.2) is 59.0 Å². The van der Waals surface area contributed by atoms with Crippen LogP contribution in [0.2, 0.25) is 6.82 Å². The second-order valence-electron chi connectivity index (χ2n) is 9.07. The molecule has 0 amide bonds. The highest BCUT2D eigenvalue weighted by Crippen LogP contribution is 2.34. The van der Waals surface area contributed by atoms with Crippen LogP contribution in [0.25, 0.3) is 32.7 Å². The van der Waals surface area contributed by atoms with Gasteiger partial charge in [-0.1, -0.05) is 64.0 Å². The van der Waals surface area contributed by atoms with Crippen LogP contribution in [-0.2, 0) is 4.65 Å². The Bertz CT molecular complexity index is 1130. The molecule has 0 spiro atoms. The minimum absolute atomic E-state index is 0.00836. The first-order chi connectivity index (χ1) is 12.7. The third-order valence-electron chi connectivity index (χ3n) is 6.11. The molecule has 138 valence electrons. The number of hydrogen-bond donors (Lipinski definition) is 0. The van der Waals surface area contributed by atoms with Crippen molar-refractivity contribution >= 4 is 45.1 Å². The summed E-state index contributed by atoms with van der Waals surface area (Å²) >= 11 is 0. The molecule has 4 rings (SSSR count). The van der Waals surface area contributed by atoms with Crippen LogP contribution >= 0.6 is 0 Å². The Labute approximate surface area is 161 Å². The van der Waals surface area contributed by atoms with E-state index in [1.54, 1.807) is 0 Å². The number of benzene rings is 3. The molecular formula is C24H27BO2. The van der Waals surface area contributed by atoms with E-state index in [1.807, 2.05) is 0 Å². The maximum atomic E-state index is 6.47. The third kappa shape index (κ3) is 3.15. The average molecular weight is 358 g/mol. The summed E-state index contributed by atoms with van der Waals surface area (Å²) in [6, 6.07) is 19.2. The molecule has 1 aromatic heterocycles. The van der Waals surface area contributed by atoms with Gasteiger partial charge >= 0.3 is 6.92 Å². The molecule has 0 unspecified atom stereocenters. The van der Waals surface area contributed by atoms with E-state index in [0.29, 0.717) is 0 Å². The quantitative estimate of drug-likeness (QED) is 0.395. The lowest BCUT2D eigenvalue weighted by Gasteiger charge is -2.40. The lowest BCUT2D eigenvalue weighted by molar-refractivity contribution is 0.000454. The Morgan fingerprint density at radius 2 is 1.41 bits per heavy atom. The zero-order valence-corrected chi connectivity index (χ0v) is 17.1. The zero-order chi connectivity index (χ0) is 19.4. The zero-order valence-electron chi connectivity index (χ0n) is 17.1. The molecule has 0 atom stereocenters. The van der Waals surface area contributed by atoms with Crippen molar-refractivity contribution in [1.82, 2.24) is 0 Å². The van der Waals surface area contributed by atoms with E-state index in [1.165, 1.54) is 16.2 Å². The second-order valence-corrected chi connectivity index (χ2v) is 9.07. The van der Waals surface area contributed by atoms with Gasteiger partial charge in [0.1, 0.15) is 11.2 Å². The molecule has 0 bridgehead atoms. The van der Waals surface area contributed by atoms with E-state index in [2.05, 4.69) is 96.0 Å². The highest BCUT2D eigenvalue weighted by molar-refractivity contribution is 6.66. The van der Waals surface area contributed by atoms with E-state index >= 15 is 0 Å². The maximum Gasteiger partial charge on any atom is 0.324 e. The fourth-order valence-corrected chi connectivity index (χ4v) is 3.42. The molecule has 1 heterocycles. The summed E-state index contributed by atoms with van der Waals surface area (Å²) in [5, 5.41) is 4.74. The van der Waals surface area contributed by atoms with E-state index in [-0.39, 0.29) is 17.9 Å². The molecule has 0 aliphatic carbocycles. The standard InChI is InChI=1S/C24H27BO2/c1-23(2,3)24(4,5)27-25(6)18-11-12-21-20(15-18)19-13-16-9-7-8-10-17(16)14-22(19)26-21/h7-15H,1-6H3. The predicted molar refractivity (Wildman–Crippen MR) is 117 cm³/mol. The molecule has 0 saturated heterocycles. The van der Waals surface area contributed by atoms with Crippen LogP contribution in [0, 0.1) is 5.41 Å². The van der Waals surface area contributed by atoms with Crippen molar-refractivity contribution in [3.05, 3.63) is 54.6 Å². The summed E-state index contributed by atoms with van der Waals surface area (Å²) in [4.78, 5) is 0. The van der Waals surface area contributed by atoms with Crippen LogP contribution in [0.1, 0.15) is 34.6 Å². The van der Waals surface area contributed by atoms with E-state index in [0.717, 1.165) is 21.9 Å². The molecule has 0 fully saturated rings. The topological polar surface area (TPSA) is 22.4 Å². The highest BCUT2D eigenvalue weighted by atomic mass is 16.5. The molecular weight excluding hydrogens is 331 g/mol. The van der Waals surface area contributed by atoms with Crippen LogP contribution in [0.5, 0.6) is 0 Å². The Kier molecular flexibility index (Phi) is 4.12. The Morgan fingerprint density at radius 3 is 2.07 bits per heavy atom. The molecule has 0 radical (unpaired) electrons. The number of rotatable bonds is 3. The van der Waals surface area contributed by atoms with Crippen molar-refractivity contribution in [2.75, 3.05) is 0 Å². The molecule has 0 saturated carbocycles. The molecule has 4 aromatic rings. The molecule has 2 nitrogen and oxygen atoms in total. The fourth-order valence-electron chi connectivity index (χ4n) is 3.42. The van der Waals surface area contributed by atoms with E-state index in [9.17, 15) is 0 Å². The SMILES string of the molecule is CB(OC(C)(C)C(C)(C)C)c1ccc2oc3cc4ccccc4cc3c2c1. The van der Waals surface area contributed by atoms with E-state index < -0.39 is 0 Å². The average Bonchev–Trinajstić information content (AvgIpc) is 2.95. The van der Waals surface area contributed by atoms with Crippen molar-refractivity contribution < 1.29 is 9.07 Å². The molecule has 27 heavy (non-hydrogen) atoms. The minimum atomic E-state index is -0.226. The molecule has 0 aliphatic rings. The van der Waals surface area contributed by atoms with Gasteiger partial charge in [0.25, 0.3) is 0 Å². The largest absolute Gasteiger partial charge is 0.456 e. The first-order valence-electron chi connectivity index (χ1n) is 9.68. The molecule has 3 heteroatoms. The fraction of sp³-hybridized carbons (Fsp3) is 0.333.